The highest BCUT2D eigenvalue weighted by Gasteiger charge is 2.40. The zero-order valence-electron chi connectivity index (χ0n) is 16.7. The maximum atomic E-state index is 12.8. The Hall–Kier alpha value is -2.80. The molecule has 1 saturated heterocycles. The van der Waals surface area contributed by atoms with Gasteiger partial charge >= 0.3 is 0 Å². The van der Waals surface area contributed by atoms with Crippen molar-refractivity contribution in [3.8, 4) is 5.75 Å². The van der Waals surface area contributed by atoms with Gasteiger partial charge in [-0.1, -0.05) is 18.2 Å². The van der Waals surface area contributed by atoms with Crippen molar-refractivity contribution in [2.24, 2.45) is 0 Å². The Bertz CT molecular complexity index is 944. The summed E-state index contributed by atoms with van der Waals surface area (Å²) in [6.07, 6.45) is 0.0965. The van der Waals surface area contributed by atoms with Crippen LogP contribution in [0.1, 0.15) is 24.5 Å². The number of aryl methyl sites for hydroxylation is 2. The molecule has 0 aliphatic carbocycles. The van der Waals surface area contributed by atoms with Crippen molar-refractivity contribution in [1.82, 2.24) is 0 Å². The van der Waals surface area contributed by atoms with E-state index in [9.17, 15) is 14.4 Å². The summed E-state index contributed by atoms with van der Waals surface area (Å²) < 4.78 is 5.50. The van der Waals surface area contributed by atoms with Crippen LogP contribution in [0.4, 0.5) is 11.4 Å². The topological polar surface area (TPSA) is 75.7 Å². The molecule has 0 saturated carbocycles. The van der Waals surface area contributed by atoms with Crippen LogP contribution in [-0.2, 0) is 14.4 Å². The van der Waals surface area contributed by atoms with Gasteiger partial charge in [0.15, 0.2) is 0 Å². The summed E-state index contributed by atoms with van der Waals surface area (Å²) in [4.78, 5) is 38.8. The Kier molecular flexibility index (Phi) is 6.59. The number of anilines is 2. The van der Waals surface area contributed by atoms with E-state index in [1.54, 1.807) is 18.2 Å². The van der Waals surface area contributed by atoms with Crippen LogP contribution in [0, 0.1) is 13.8 Å². The third kappa shape index (κ3) is 4.79. The fourth-order valence-corrected chi connectivity index (χ4v) is 4.02. The van der Waals surface area contributed by atoms with Crippen LogP contribution in [-0.4, -0.2) is 35.3 Å². The minimum atomic E-state index is -0.558. The van der Waals surface area contributed by atoms with Crippen LogP contribution in [0.25, 0.3) is 0 Å². The zero-order valence-corrected chi connectivity index (χ0v) is 17.5. The van der Waals surface area contributed by atoms with Gasteiger partial charge in [0.25, 0.3) is 0 Å². The van der Waals surface area contributed by atoms with E-state index in [0.29, 0.717) is 23.7 Å². The highest BCUT2D eigenvalue weighted by Crippen LogP contribution is 2.31. The Morgan fingerprint density at radius 1 is 1.17 bits per heavy atom. The molecule has 1 fully saturated rings. The van der Waals surface area contributed by atoms with Gasteiger partial charge in [0, 0.05) is 6.42 Å². The van der Waals surface area contributed by atoms with E-state index >= 15 is 0 Å². The summed E-state index contributed by atoms with van der Waals surface area (Å²) >= 11 is 1.18. The lowest BCUT2D eigenvalue weighted by atomic mass is 10.1. The molecule has 0 bridgehead atoms. The van der Waals surface area contributed by atoms with Crippen molar-refractivity contribution in [2.45, 2.75) is 32.4 Å². The fourth-order valence-electron chi connectivity index (χ4n) is 3.08. The van der Waals surface area contributed by atoms with Gasteiger partial charge < -0.3 is 10.1 Å². The maximum Gasteiger partial charge on any atom is 0.247 e. The highest BCUT2D eigenvalue weighted by molar-refractivity contribution is 8.01. The number of hydrogen-bond donors (Lipinski definition) is 1. The number of carbonyl (C=O) groups is 3. The molecule has 29 heavy (non-hydrogen) atoms. The van der Waals surface area contributed by atoms with Crippen LogP contribution in [0.3, 0.4) is 0 Å². The van der Waals surface area contributed by atoms with Crippen LogP contribution in [0.2, 0.25) is 0 Å². The Labute approximate surface area is 174 Å². The molecular formula is C22H24N2O4S. The second kappa shape index (κ2) is 9.13. The van der Waals surface area contributed by atoms with Crippen molar-refractivity contribution in [3.63, 3.8) is 0 Å². The number of ether oxygens (including phenoxy) is 1. The molecule has 0 aromatic heterocycles. The summed E-state index contributed by atoms with van der Waals surface area (Å²) in [5.74, 6) is -0.0812. The number of amides is 3. The van der Waals surface area contributed by atoms with Crippen molar-refractivity contribution in [3.05, 3.63) is 53.6 Å². The molecule has 1 aliphatic heterocycles. The van der Waals surface area contributed by atoms with Gasteiger partial charge in [-0.2, -0.15) is 0 Å². The lowest BCUT2D eigenvalue weighted by Gasteiger charge is -2.16. The first-order valence-corrected chi connectivity index (χ1v) is 10.5. The molecule has 2 aromatic carbocycles. The number of nitrogens with one attached hydrogen (secondary N) is 1. The summed E-state index contributed by atoms with van der Waals surface area (Å²) in [7, 11) is 0. The Balaban J connectivity index is 1.61. The number of para-hydroxylation sites is 2. The largest absolute Gasteiger partial charge is 0.492 e. The molecule has 152 valence electrons. The second-order valence-corrected chi connectivity index (χ2v) is 8.01. The molecule has 0 radical (unpaired) electrons. The van der Waals surface area contributed by atoms with Gasteiger partial charge in [-0.05, 0) is 56.2 Å². The third-order valence-corrected chi connectivity index (χ3v) is 5.93. The highest BCUT2D eigenvalue weighted by atomic mass is 32.2. The molecule has 1 atom stereocenters. The van der Waals surface area contributed by atoms with Gasteiger partial charge in [0.1, 0.15) is 5.75 Å². The van der Waals surface area contributed by atoms with Crippen molar-refractivity contribution in [1.29, 1.82) is 0 Å². The van der Waals surface area contributed by atoms with E-state index in [0.717, 1.165) is 11.1 Å². The van der Waals surface area contributed by atoms with Gasteiger partial charge in [-0.3, -0.25) is 14.4 Å². The summed E-state index contributed by atoms with van der Waals surface area (Å²) in [6.45, 7) is 6.29. The average Bonchev–Trinajstić information content (AvgIpc) is 2.97. The number of hydrogen-bond acceptors (Lipinski definition) is 5. The first-order valence-electron chi connectivity index (χ1n) is 9.48. The first-order chi connectivity index (χ1) is 13.9. The number of nitrogens with zero attached hydrogens (tertiary/aromatic N) is 1. The van der Waals surface area contributed by atoms with Crippen LogP contribution < -0.4 is 15.0 Å². The molecule has 0 unspecified atom stereocenters. The monoisotopic (exact) mass is 412 g/mol. The third-order valence-electron chi connectivity index (χ3n) is 4.73. The van der Waals surface area contributed by atoms with Gasteiger partial charge in [0.2, 0.25) is 17.7 Å². The van der Waals surface area contributed by atoms with E-state index in [1.807, 2.05) is 45.0 Å². The average molecular weight is 413 g/mol. The van der Waals surface area contributed by atoms with Gasteiger partial charge in [-0.25, -0.2) is 4.90 Å². The minimum absolute atomic E-state index is 0.0743. The van der Waals surface area contributed by atoms with E-state index in [-0.39, 0.29) is 29.9 Å². The van der Waals surface area contributed by atoms with Crippen LogP contribution in [0.5, 0.6) is 5.75 Å². The molecule has 2 aromatic rings. The fraction of sp³-hybridized carbons (Fsp3) is 0.318. The predicted octanol–water partition coefficient (Wildman–Crippen LogP) is 3.71. The number of benzene rings is 2. The number of imide groups is 1. The molecule has 3 amide bonds. The Morgan fingerprint density at radius 2 is 1.93 bits per heavy atom. The summed E-state index contributed by atoms with van der Waals surface area (Å²) in [5, 5.41) is 2.25. The molecule has 1 heterocycles. The van der Waals surface area contributed by atoms with Crippen molar-refractivity contribution < 1.29 is 19.1 Å². The summed E-state index contributed by atoms with van der Waals surface area (Å²) in [5.41, 5.74) is 3.29. The molecular weight excluding hydrogens is 388 g/mol. The molecule has 6 nitrogen and oxygen atoms in total. The standard InChI is InChI=1S/C22H24N2O4S/c1-4-28-18-8-6-5-7-17(18)23-20(25)13-29-19-12-21(26)24(22(19)27)16-10-9-14(2)15(3)11-16/h5-11,19H,4,12-13H2,1-3H3,(H,23,25)/t19-/m0/s1. The smallest absolute Gasteiger partial charge is 0.247 e. The Morgan fingerprint density at radius 3 is 2.66 bits per heavy atom. The normalized spacial score (nSPS) is 16.2. The quantitative estimate of drug-likeness (QED) is 0.702. The van der Waals surface area contributed by atoms with E-state index in [1.165, 1.54) is 16.7 Å². The molecule has 7 heteroatoms. The molecule has 1 N–H and O–H groups in total. The van der Waals surface area contributed by atoms with E-state index in [2.05, 4.69) is 5.32 Å². The first kappa shape index (κ1) is 20.9. The second-order valence-electron chi connectivity index (χ2n) is 6.82. The molecule has 1 aliphatic rings. The minimum Gasteiger partial charge on any atom is -0.492 e. The lowest BCUT2D eigenvalue weighted by molar-refractivity contribution is -0.121. The number of carbonyl (C=O) groups excluding carboxylic acids is 3. The summed E-state index contributed by atoms with van der Waals surface area (Å²) in [6, 6.07) is 12.7. The predicted molar refractivity (Wildman–Crippen MR) is 116 cm³/mol. The van der Waals surface area contributed by atoms with Crippen LogP contribution in [0.15, 0.2) is 42.5 Å². The molecule has 3 rings (SSSR count). The van der Waals surface area contributed by atoms with E-state index in [4.69, 9.17) is 4.74 Å². The SMILES string of the molecule is CCOc1ccccc1NC(=O)CS[C@H]1CC(=O)N(c2ccc(C)c(C)c2)C1=O. The zero-order chi connectivity index (χ0) is 21.0. The maximum absolute atomic E-state index is 12.8. The number of thioether (sulfide) groups is 1. The molecule has 0 spiro atoms. The van der Waals surface area contributed by atoms with Crippen LogP contribution >= 0.6 is 11.8 Å². The van der Waals surface area contributed by atoms with Gasteiger partial charge in [0.05, 0.1) is 29.0 Å². The van der Waals surface area contributed by atoms with Gasteiger partial charge in [-0.15, -0.1) is 11.8 Å². The lowest BCUT2D eigenvalue weighted by Crippen LogP contribution is -2.31. The van der Waals surface area contributed by atoms with Crippen molar-refractivity contribution >= 4 is 40.9 Å². The van der Waals surface area contributed by atoms with E-state index < -0.39 is 5.25 Å². The number of rotatable bonds is 7. The van der Waals surface area contributed by atoms with Crippen molar-refractivity contribution in [2.75, 3.05) is 22.6 Å².